The molecule has 1 aliphatic heterocycles. The fourth-order valence-corrected chi connectivity index (χ4v) is 3.02. The van der Waals surface area contributed by atoms with Crippen molar-refractivity contribution < 1.29 is 9.53 Å². The maximum atomic E-state index is 12.3. The number of aryl methyl sites for hydroxylation is 1. The molecule has 0 unspecified atom stereocenters. The number of benzene rings is 1. The summed E-state index contributed by atoms with van der Waals surface area (Å²) in [6, 6.07) is 9.18. The number of rotatable bonds is 7. The Morgan fingerprint density at radius 3 is 2.73 bits per heavy atom. The number of nitrogens with one attached hydrogen (secondary N) is 2. The molecule has 2 aromatic rings. The summed E-state index contributed by atoms with van der Waals surface area (Å²) in [5.41, 5.74) is 1.46. The number of carbonyl (C=O) groups excluding carboxylic acids is 1. The highest BCUT2D eigenvalue weighted by molar-refractivity contribution is 5.96. The van der Waals surface area contributed by atoms with Crippen LogP contribution in [0.15, 0.2) is 30.3 Å². The van der Waals surface area contributed by atoms with E-state index in [9.17, 15) is 4.79 Å². The summed E-state index contributed by atoms with van der Waals surface area (Å²) in [6.07, 6.45) is 2.42. The first-order valence-corrected chi connectivity index (χ1v) is 8.93. The summed E-state index contributed by atoms with van der Waals surface area (Å²) < 4.78 is 5.22. The summed E-state index contributed by atoms with van der Waals surface area (Å²) >= 11 is 0. The molecular formula is C19H25N5O2. The van der Waals surface area contributed by atoms with Gasteiger partial charge >= 0.3 is 0 Å². The molecule has 1 aromatic carbocycles. The van der Waals surface area contributed by atoms with E-state index in [0.29, 0.717) is 30.4 Å². The Labute approximate surface area is 153 Å². The lowest BCUT2D eigenvalue weighted by Gasteiger charge is -2.17. The Bertz CT molecular complexity index is 759. The summed E-state index contributed by atoms with van der Waals surface area (Å²) in [5.74, 6) is 1.97. The fourth-order valence-electron chi connectivity index (χ4n) is 3.02. The predicted molar refractivity (Wildman–Crippen MR) is 102 cm³/mol. The molecule has 1 amide bonds. The van der Waals surface area contributed by atoms with Gasteiger partial charge in [-0.1, -0.05) is 12.1 Å². The van der Waals surface area contributed by atoms with Crippen molar-refractivity contribution in [3.63, 3.8) is 0 Å². The maximum absolute atomic E-state index is 12.3. The molecule has 1 saturated heterocycles. The van der Waals surface area contributed by atoms with E-state index in [0.717, 1.165) is 24.6 Å². The van der Waals surface area contributed by atoms with Gasteiger partial charge in [-0.3, -0.25) is 4.79 Å². The normalized spacial score (nSPS) is 13.5. The molecule has 2 heterocycles. The molecule has 1 aromatic heterocycles. The minimum atomic E-state index is -0.160. The van der Waals surface area contributed by atoms with Crippen LogP contribution in [-0.4, -0.2) is 49.2 Å². The van der Waals surface area contributed by atoms with Gasteiger partial charge < -0.3 is 20.3 Å². The van der Waals surface area contributed by atoms with E-state index in [-0.39, 0.29) is 5.91 Å². The third kappa shape index (κ3) is 4.41. The maximum Gasteiger partial charge on any atom is 0.255 e. The average Bonchev–Trinajstić information content (AvgIpc) is 3.19. The first-order chi connectivity index (χ1) is 12.7. The largest absolute Gasteiger partial charge is 0.496 e. The molecule has 0 saturated carbocycles. The van der Waals surface area contributed by atoms with Gasteiger partial charge in [-0.15, -0.1) is 0 Å². The first kappa shape index (κ1) is 18.0. The molecule has 0 radical (unpaired) electrons. The highest BCUT2D eigenvalue weighted by Gasteiger charge is 2.15. The Morgan fingerprint density at radius 1 is 1.19 bits per heavy atom. The van der Waals surface area contributed by atoms with Crippen molar-refractivity contribution in [1.82, 2.24) is 15.3 Å². The molecule has 0 aliphatic carbocycles. The van der Waals surface area contributed by atoms with Crippen LogP contribution in [0, 0.1) is 6.92 Å². The minimum Gasteiger partial charge on any atom is -0.496 e. The lowest BCUT2D eigenvalue weighted by molar-refractivity contribution is 0.0952. The number of carbonyl (C=O) groups is 1. The SMILES string of the molecule is COc1ccccc1C(=O)NCCNc1nc(C)cc(N2CCCC2)n1. The zero-order valence-corrected chi connectivity index (χ0v) is 15.3. The topological polar surface area (TPSA) is 79.4 Å². The molecule has 26 heavy (non-hydrogen) atoms. The molecule has 7 heteroatoms. The number of amides is 1. The highest BCUT2D eigenvalue weighted by Crippen LogP contribution is 2.20. The number of para-hydroxylation sites is 1. The van der Waals surface area contributed by atoms with Gasteiger partial charge in [-0.2, -0.15) is 4.98 Å². The molecule has 1 fully saturated rings. The fraction of sp³-hybridized carbons (Fsp3) is 0.421. The minimum absolute atomic E-state index is 0.160. The van der Waals surface area contributed by atoms with Crippen LogP contribution >= 0.6 is 0 Å². The number of aromatic nitrogens is 2. The lowest BCUT2D eigenvalue weighted by Crippen LogP contribution is -2.29. The molecule has 7 nitrogen and oxygen atoms in total. The summed E-state index contributed by atoms with van der Waals surface area (Å²) in [7, 11) is 1.56. The number of hydrogen-bond acceptors (Lipinski definition) is 6. The third-order valence-electron chi connectivity index (χ3n) is 4.32. The Balaban J connectivity index is 1.52. The van der Waals surface area contributed by atoms with Crippen molar-refractivity contribution in [2.45, 2.75) is 19.8 Å². The van der Waals surface area contributed by atoms with Gasteiger partial charge in [0.15, 0.2) is 0 Å². The van der Waals surface area contributed by atoms with Crippen molar-refractivity contribution in [1.29, 1.82) is 0 Å². The van der Waals surface area contributed by atoms with Crippen molar-refractivity contribution in [3.8, 4) is 5.75 Å². The zero-order chi connectivity index (χ0) is 18.4. The second-order valence-corrected chi connectivity index (χ2v) is 6.27. The standard InChI is InChI=1S/C19H25N5O2/c1-14-13-17(24-11-5-6-12-24)23-19(22-14)21-10-9-20-18(25)15-7-3-4-8-16(15)26-2/h3-4,7-8,13H,5-6,9-12H2,1-2H3,(H,20,25)(H,21,22,23). The van der Waals surface area contributed by atoms with E-state index >= 15 is 0 Å². The van der Waals surface area contributed by atoms with Gasteiger partial charge in [0, 0.05) is 37.9 Å². The molecule has 138 valence electrons. The molecule has 0 atom stereocenters. The molecule has 0 spiro atoms. The zero-order valence-electron chi connectivity index (χ0n) is 15.3. The average molecular weight is 355 g/mol. The van der Waals surface area contributed by atoms with Gasteiger partial charge in [0.25, 0.3) is 5.91 Å². The van der Waals surface area contributed by atoms with Crippen LogP contribution in [0.5, 0.6) is 5.75 Å². The Kier molecular flexibility index (Phi) is 5.88. The van der Waals surface area contributed by atoms with E-state index < -0.39 is 0 Å². The number of methoxy groups -OCH3 is 1. The molecule has 1 aliphatic rings. The van der Waals surface area contributed by atoms with E-state index in [2.05, 4.69) is 25.5 Å². The molecule has 2 N–H and O–H groups in total. The molecular weight excluding hydrogens is 330 g/mol. The van der Waals surface area contributed by atoms with Crippen LogP contribution in [0.3, 0.4) is 0 Å². The van der Waals surface area contributed by atoms with E-state index in [4.69, 9.17) is 4.74 Å². The van der Waals surface area contributed by atoms with E-state index in [1.807, 2.05) is 25.1 Å². The van der Waals surface area contributed by atoms with Crippen molar-refractivity contribution in [3.05, 3.63) is 41.6 Å². The Morgan fingerprint density at radius 2 is 1.96 bits per heavy atom. The predicted octanol–water partition coefficient (Wildman–Crippen LogP) is 2.24. The van der Waals surface area contributed by atoms with Crippen LogP contribution in [0.2, 0.25) is 0 Å². The van der Waals surface area contributed by atoms with Crippen LogP contribution in [0.4, 0.5) is 11.8 Å². The van der Waals surface area contributed by atoms with Gasteiger partial charge in [0.1, 0.15) is 11.6 Å². The quantitative estimate of drug-likeness (QED) is 0.742. The van der Waals surface area contributed by atoms with Gasteiger partial charge in [-0.25, -0.2) is 4.98 Å². The smallest absolute Gasteiger partial charge is 0.255 e. The van der Waals surface area contributed by atoms with Crippen molar-refractivity contribution in [2.24, 2.45) is 0 Å². The first-order valence-electron chi connectivity index (χ1n) is 8.93. The third-order valence-corrected chi connectivity index (χ3v) is 4.32. The van der Waals surface area contributed by atoms with Gasteiger partial charge in [0.05, 0.1) is 12.7 Å². The monoisotopic (exact) mass is 355 g/mol. The molecule has 0 bridgehead atoms. The Hall–Kier alpha value is -2.83. The second kappa shape index (κ2) is 8.51. The number of ether oxygens (including phenoxy) is 1. The number of anilines is 2. The lowest BCUT2D eigenvalue weighted by atomic mass is 10.2. The summed E-state index contributed by atoms with van der Waals surface area (Å²) in [6.45, 7) is 5.07. The van der Waals surface area contributed by atoms with Crippen LogP contribution < -0.4 is 20.3 Å². The van der Waals surface area contributed by atoms with E-state index in [1.54, 1.807) is 19.2 Å². The van der Waals surface area contributed by atoms with Crippen LogP contribution in [-0.2, 0) is 0 Å². The van der Waals surface area contributed by atoms with Crippen molar-refractivity contribution in [2.75, 3.05) is 43.5 Å². The van der Waals surface area contributed by atoms with Crippen LogP contribution in [0.25, 0.3) is 0 Å². The molecule has 3 rings (SSSR count). The van der Waals surface area contributed by atoms with E-state index in [1.165, 1.54) is 12.8 Å². The second-order valence-electron chi connectivity index (χ2n) is 6.27. The highest BCUT2D eigenvalue weighted by atomic mass is 16.5. The number of hydrogen-bond donors (Lipinski definition) is 2. The van der Waals surface area contributed by atoms with Gasteiger partial charge in [0.2, 0.25) is 5.95 Å². The van der Waals surface area contributed by atoms with Gasteiger partial charge in [-0.05, 0) is 31.9 Å². The number of nitrogens with zero attached hydrogens (tertiary/aromatic N) is 3. The summed E-state index contributed by atoms with van der Waals surface area (Å²) in [5, 5.41) is 6.07. The van der Waals surface area contributed by atoms with Crippen LogP contribution in [0.1, 0.15) is 28.9 Å². The van der Waals surface area contributed by atoms with Crippen molar-refractivity contribution >= 4 is 17.7 Å². The summed E-state index contributed by atoms with van der Waals surface area (Å²) in [4.78, 5) is 23.6.